The minimum Gasteiger partial charge on any atom is -0.261 e. The van der Waals surface area contributed by atoms with Gasteiger partial charge in [-0.2, -0.15) is 0 Å². The highest BCUT2D eigenvalue weighted by Crippen LogP contribution is 2.45. The summed E-state index contributed by atoms with van der Waals surface area (Å²) in [7, 11) is 0. The first-order valence-electron chi connectivity index (χ1n) is 16.2. The Morgan fingerprint density at radius 3 is 1.45 bits per heavy atom. The number of nitrogens with zero attached hydrogens (tertiary/aromatic N) is 1. The molecule has 9 rings (SSSR count). The van der Waals surface area contributed by atoms with Gasteiger partial charge in [0.1, 0.15) is 0 Å². The molecular weight excluding hydrogens is 567 g/mol. The first kappa shape index (κ1) is 27.3. The van der Waals surface area contributed by atoms with E-state index in [4.69, 9.17) is 0 Å². The summed E-state index contributed by atoms with van der Waals surface area (Å²) in [5.41, 5.74) is 10.8. The smallest absolute Gasteiger partial charge is 0.0450 e. The first-order chi connectivity index (χ1) is 23.2. The lowest BCUT2D eigenvalue weighted by Gasteiger charge is -2.19. The third-order valence-electron chi connectivity index (χ3n) is 9.64. The van der Waals surface area contributed by atoms with E-state index in [1.165, 1.54) is 87.6 Å². The van der Waals surface area contributed by atoms with Crippen molar-refractivity contribution in [1.82, 2.24) is 4.98 Å². The van der Waals surface area contributed by atoms with E-state index in [1.54, 1.807) is 0 Å². The van der Waals surface area contributed by atoms with E-state index in [0.717, 1.165) is 5.69 Å². The van der Waals surface area contributed by atoms with E-state index in [0.29, 0.717) is 0 Å². The van der Waals surface area contributed by atoms with E-state index < -0.39 is 0 Å². The van der Waals surface area contributed by atoms with Gasteiger partial charge in [0.15, 0.2) is 0 Å². The van der Waals surface area contributed by atoms with Crippen LogP contribution in [0.3, 0.4) is 0 Å². The minimum absolute atomic E-state index is 1.04. The van der Waals surface area contributed by atoms with Crippen molar-refractivity contribution in [3.05, 3.63) is 176 Å². The Labute approximate surface area is 274 Å². The summed E-state index contributed by atoms with van der Waals surface area (Å²) in [6, 6.07) is 60.1. The van der Waals surface area contributed by atoms with Gasteiger partial charge in [-0.15, -0.1) is 0 Å². The number of pyridine rings is 1. The summed E-state index contributed by atoms with van der Waals surface area (Å²) in [5.74, 6) is 0. The van der Waals surface area contributed by atoms with Crippen molar-refractivity contribution >= 4 is 43.1 Å². The van der Waals surface area contributed by atoms with Crippen molar-refractivity contribution in [3.8, 4) is 44.5 Å². The summed E-state index contributed by atoms with van der Waals surface area (Å²) in [4.78, 5) is 4.50. The lowest BCUT2D eigenvalue weighted by Crippen LogP contribution is -1.92. The molecule has 1 heterocycles. The topological polar surface area (TPSA) is 12.9 Å². The molecule has 1 nitrogen and oxygen atoms in total. The molecular formula is C46H31N. The monoisotopic (exact) mass is 597 g/mol. The lowest BCUT2D eigenvalue weighted by atomic mass is 9.84. The van der Waals surface area contributed by atoms with E-state index >= 15 is 0 Å². The lowest BCUT2D eigenvalue weighted by molar-refractivity contribution is 1.20. The van der Waals surface area contributed by atoms with Crippen LogP contribution in [0, 0.1) is 6.92 Å². The summed E-state index contributed by atoms with van der Waals surface area (Å²) in [6.07, 6.45) is 1.85. The highest BCUT2D eigenvalue weighted by molar-refractivity contribution is 6.22. The quantitative estimate of drug-likeness (QED) is 0.184. The van der Waals surface area contributed by atoms with Crippen LogP contribution in [-0.4, -0.2) is 4.98 Å². The van der Waals surface area contributed by atoms with Crippen molar-refractivity contribution in [2.75, 3.05) is 0 Å². The van der Waals surface area contributed by atoms with Crippen molar-refractivity contribution in [2.24, 2.45) is 0 Å². The van der Waals surface area contributed by atoms with Crippen LogP contribution in [0.15, 0.2) is 170 Å². The number of fused-ring (bicyclic) bond motifs is 4. The number of rotatable bonds is 4. The van der Waals surface area contributed by atoms with Gasteiger partial charge < -0.3 is 0 Å². The van der Waals surface area contributed by atoms with Crippen LogP contribution in [0.2, 0.25) is 0 Å². The van der Waals surface area contributed by atoms with Crippen molar-refractivity contribution < 1.29 is 0 Å². The van der Waals surface area contributed by atoms with Gasteiger partial charge in [0.25, 0.3) is 0 Å². The van der Waals surface area contributed by atoms with Gasteiger partial charge in [-0.05, 0) is 113 Å². The van der Waals surface area contributed by atoms with Crippen molar-refractivity contribution in [1.29, 1.82) is 0 Å². The zero-order chi connectivity index (χ0) is 31.3. The third-order valence-corrected chi connectivity index (χ3v) is 9.64. The molecule has 0 unspecified atom stereocenters. The van der Waals surface area contributed by atoms with Gasteiger partial charge >= 0.3 is 0 Å². The summed E-state index contributed by atoms with van der Waals surface area (Å²) >= 11 is 0. The second kappa shape index (κ2) is 11.1. The molecule has 47 heavy (non-hydrogen) atoms. The fraction of sp³-hybridized carbons (Fsp3) is 0.0217. The Hall–Kier alpha value is -6.05. The maximum atomic E-state index is 4.50. The Morgan fingerprint density at radius 1 is 0.340 bits per heavy atom. The molecule has 0 bridgehead atoms. The van der Waals surface area contributed by atoms with Crippen LogP contribution in [0.25, 0.3) is 87.6 Å². The van der Waals surface area contributed by atoms with E-state index in [1.807, 2.05) is 12.3 Å². The molecule has 0 N–H and O–H groups in total. The second-order valence-electron chi connectivity index (χ2n) is 12.4. The van der Waals surface area contributed by atoms with Crippen LogP contribution < -0.4 is 0 Å². The van der Waals surface area contributed by atoms with E-state index in [9.17, 15) is 0 Å². The standard InChI is InChI=1S/C46H31N/c1-30-40(15-8-26-47-30)34-20-16-33(17-21-34)37-24-25-43-44(29-37)46(39-23-19-32-10-3-5-12-36(32)28-39)42-14-7-6-13-41(42)45(43)38-22-18-31-9-2-4-11-35(31)27-38/h2-29H,1H3. The molecule has 0 spiro atoms. The van der Waals surface area contributed by atoms with Crippen molar-refractivity contribution in [2.45, 2.75) is 6.92 Å². The minimum atomic E-state index is 1.04. The maximum absolute atomic E-state index is 4.50. The summed E-state index contributed by atoms with van der Waals surface area (Å²) < 4.78 is 0. The van der Waals surface area contributed by atoms with Crippen LogP contribution in [-0.2, 0) is 0 Å². The predicted molar refractivity (Wildman–Crippen MR) is 201 cm³/mol. The molecule has 0 radical (unpaired) electrons. The van der Waals surface area contributed by atoms with Gasteiger partial charge in [0, 0.05) is 17.5 Å². The number of hydrogen-bond acceptors (Lipinski definition) is 1. The molecule has 0 amide bonds. The number of aryl methyl sites for hydroxylation is 1. The van der Waals surface area contributed by atoms with Crippen LogP contribution in [0.5, 0.6) is 0 Å². The third kappa shape index (κ3) is 4.67. The number of benzene rings is 8. The van der Waals surface area contributed by atoms with E-state index in [-0.39, 0.29) is 0 Å². The van der Waals surface area contributed by atoms with Gasteiger partial charge in [-0.25, -0.2) is 0 Å². The van der Waals surface area contributed by atoms with Crippen LogP contribution in [0.1, 0.15) is 5.69 Å². The van der Waals surface area contributed by atoms with Crippen LogP contribution in [0.4, 0.5) is 0 Å². The molecule has 0 aliphatic heterocycles. The van der Waals surface area contributed by atoms with Crippen LogP contribution >= 0.6 is 0 Å². The molecule has 0 saturated heterocycles. The molecule has 1 aromatic heterocycles. The maximum Gasteiger partial charge on any atom is 0.0450 e. The first-order valence-corrected chi connectivity index (χ1v) is 16.2. The van der Waals surface area contributed by atoms with Gasteiger partial charge in [0.05, 0.1) is 0 Å². The van der Waals surface area contributed by atoms with Gasteiger partial charge in [-0.1, -0.05) is 140 Å². The molecule has 0 aliphatic carbocycles. The number of aromatic nitrogens is 1. The summed E-state index contributed by atoms with van der Waals surface area (Å²) in [5, 5.41) is 10.0. The molecule has 220 valence electrons. The second-order valence-corrected chi connectivity index (χ2v) is 12.4. The molecule has 1 heteroatoms. The average molecular weight is 598 g/mol. The highest BCUT2D eigenvalue weighted by atomic mass is 14.7. The molecule has 0 fully saturated rings. The Balaban J connectivity index is 1.32. The Kier molecular flexibility index (Phi) is 6.43. The van der Waals surface area contributed by atoms with Gasteiger partial charge in [0.2, 0.25) is 0 Å². The number of hydrogen-bond donors (Lipinski definition) is 0. The van der Waals surface area contributed by atoms with Gasteiger partial charge in [-0.3, -0.25) is 4.98 Å². The fourth-order valence-electron chi connectivity index (χ4n) is 7.30. The fourth-order valence-corrected chi connectivity index (χ4v) is 7.30. The average Bonchev–Trinajstić information content (AvgIpc) is 3.13. The predicted octanol–water partition coefficient (Wildman–Crippen LogP) is 12.7. The zero-order valence-corrected chi connectivity index (χ0v) is 26.1. The zero-order valence-electron chi connectivity index (χ0n) is 26.1. The Bertz CT molecular complexity index is 2630. The molecule has 9 aromatic rings. The largest absolute Gasteiger partial charge is 0.261 e. The Morgan fingerprint density at radius 2 is 0.830 bits per heavy atom. The molecule has 0 saturated carbocycles. The molecule has 0 atom stereocenters. The SMILES string of the molecule is Cc1ncccc1-c1ccc(-c2ccc3c(-c4ccc5ccccc5c4)c4ccccc4c(-c4ccc5ccccc5c4)c3c2)cc1. The summed E-state index contributed by atoms with van der Waals surface area (Å²) in [6.45, 7) is 2.07. The molecule has 0 aliphatic rings. The van der Waals surface area contributed by atoms with E-state index in [2.05, 4.69) is 170 Å². The molecule has 8 aromatic carbocycles. The van der Waals surface area contributed by atoms with Crippen molar-refractivity contribution in [3.63, 3.8) is 0 Å². The normalized spacial score (nSPS) is 11.5. The highest BCUT2D eigenvalue weighted by Gasteiger charge is 2.18.